The number of nitrogens with two attached hydrogens (primary N) is 1. The van der Waals surface area contributed by atoms with Crippen LogP contribution >= 0.6 is 0 Å². The molecule has 6 heteroatoms. The van der Waals surface area contributed by atoms with Crippen molar-refractivity contribution >= 4 is 5.91 Å². The summed E-state index contributed by atoms with van der Waals surface area (Å²) < 4.78 is 16.1. The van der Waals surface area contributed by atoms with Gasteiger partial charge in [-0.15, -0.1) is 0 Å². The molecule has 2 atom stereocenters. The van der Waals surface area contributed by atoms with Gasteiger partial charge in [0.15, 0.2) is 11.5 Å². The van der Waals surface area contributed by atoms with Crippen molar-refractivity contribution in [2.75, 3.05) is 27.9 Å². The largest absolute Gasteiger partial charge is 0.493 e. The number of ether oxygens (including phenoxy) is 3. The van der Waals surface area contributed by atoms with Gasteiger partial charge in [0.25, 0.3) is 0 Å². The summed E-state index contributed by atoms with van der Waals surface area (Å²) in [6.45, 7) is 0.548. The van der Waals surface area contributed by atoms with Gasteiger partial charge in [0.1, 0.15) is 0 Å². The Morgan fingerprint density at radius 3 is 2.50 bits per heavy atom. The second-order valence-corrected chi connectivity index (χ2v) is 6.15. The Bertz CT molecular complexity index is 562. The molecule has 24 heavy (non-hydrogen) atoms. The van der Waals surface area contributed by atoms with Gasteiger partial charge in [0.05, 0.1) is 21.3 Å². The van der Waals surface area contributed by atoms with Crippen LogP contribution in [0.4, 0.5) is 0 Å². The molecule has 0 saturated heterocycles. The predicted molar refractivity (Wildman–Crippen MR) is 92.7 cm³/mol. The van der Waals surface area contributed by atoms with E-state index in [4.69, 9.17) is 19.9 Å². The second-order valence-electron chi connectivity index (χ2n) is 6.15. The molecule has 2 rings (SSSR count). The maximum Gasteiger partial charge on any atom is 0.220 e. The van der Waals surface area contributed by atoms with E-state index in [0.29, 0.717) is 42.6 Å². The normalized spacial score (nSPS) is 19.8. The van der Waals surface area contributed by atoms with Crippen LogP contribution in [0, 0.1) is 5.92 Å². The molecule has 1 aliphatic rings. The van der Waals surface area contributed by atoms with Gasteiger partial charge in [0.2, 0.25) is 11.7 Å². The minimum atomic E-state index is 0.0665. The van der Waals surface area contributed by atoms with Gasteiger partial charge in [-0.1, -0.05) is 12.5 Å². The van der Waals surface area contributed by atoms with Gasteiger partial charge in [-0.3, -0.25) is 4.79 Å². The molecule has 0 unspecified atom stereocenters. The van der Waals surface area contributed by atoms with Gasteiger partial charge in [0, 0.05) is 24.6 Å². The van der Waals surface area contributed by atoms with Crippen LogP contribution in [-0.4, -0.2) is 39.8 Å². The van der Waals surface area contributed by atoms with Crippen molar-refractivity contribution in [2.24, 2.45) is 11.7 Å². The van der Waals surface area contributed by atoms with E-state index in [1.54, 1.807) is 21.3 Å². The molecule has 0 radical (unpaired) electrons. The fraction of sp³-hybridized carbons (Fsp3) is 0.611. The number of carbonyl (C=O) groups is 1. The molecule has 1 aromatic rings. The maximum absolute atomic E-state index is 12.1. The third-order valence-electron chi connectivity index (χ3n) is 4.67. The Hall–Kier alpha value is -1.95. The third kappa shape index (κ3) is 4.32. The minimum absolute atomic E-state index is 0.0665. The number of amides is 1. The van der Waals surface area contributed by atoms with Crippen LogP contribution in [0.25, 0.3) is 0 Å². The lowest BCUT2D eigenvalue weighted by molar-refractivity contribution is -0.122. The fourth-order valence-corrected chi connectivity index (χ4v) is 3.33. The molecule has 1 saturated carbocycles. The zero-order chi connectivity index (χ0) is 17.5. The number of nitrogens with one attached hydrogen (secondary N) is 1. The lowest BCUT2D eigenvalue weighted by Gasteiger charge is -2.17. The highest BCUT2D eigenvalue weighted by Crippen LogP contribution is 2.39. The van der Waals surface area contributed by atoms with Crippen LogP contribution in [0.2, 0.25) is 0 Å². The molecule has 1 aliphatic carbocycles. The summed E-state index contributed by atoms with van der Waals surface area (Å²) in [7, 11) is 4.77. The quantitative estimate of drug-likeness (QED) is 0.757. The highest BCUT2D eigenvalue weighted by Gasteiger charge is 2.25. The van der Waals surface area contributed by atoms with Gasteiger partial charge >= 0.3 is 0 Å². The SMILES string of the molecule is COc1ccc(CCNC(=O)C[C@@H]2CCC[C@H]2N)c(OC)c1OC. The Balaban J connectivity index is 1.90. The van der Waals surface area contributed by atoms with Gasteiger partial charge < -0.3 is 25.3 Å². The number of benzene rings is 1. The summed E-state index contributed by atoms with van der Waals surface area (Å²) in [4.78, 5) is 12.1. The van der Waals surface area contributed by atoms with Crippen molar-refractivity contribution in [3.05, 3.63) is 17.7 Å². The smallest absolute Gasteiger partial charge is 0.220 e. The minimum Gasteiger partial charge on any atom is -0.493 e. The second kappa shape index (κ2) is 8.78. The van der Waals surface area contributed by atoms with E-state index in [1.165, 1.54) is 0 Å². The van der Waals surface area contributed by atoms with Crippen molar-refractivity contribution in [3.63, 3.8) is 0 Å². The maximum atomic E-state index is 12.1. The highest BCUT2D eigenvalue weighted by atomic mass is 16.5. The Morgan fingerprint density at radius 1 is 1.17 bits per heavy atom. The summed E-state index contributed by atoms with van der Waals surface area (Å²) in [5.41, 5.74) is 6.99. The zero-order valence-corrected chi connectivity index (χ0v) is 14.8. The van der Waals surface area contributed by atoms with Crippen LogP contribution in [0.5, 0.6) is 17.2 Å². The molecule has 0 aliphatic heterocycles. The summed E-state index contributed by atoms with van der Waals surface area (Å²) in [6.07, 6.45) is 4.39. The highest BCUT2D eigenvalue weighted by molar-refractivity contribution is 5.76. The molecular formula is C18H28N2O4. The van der Waals surface area contributed by atoms with E-state index in [-0.39, 0.29) is 11.9 Å². The third-order valence-corrected chi connectivity index (χ3v) is 4.67. The van der Waals surface area contributed by atoms with Gasteiger partial charge in [-0.2, -0.15) is 0 Å². The molecule has 1 aromatic carbocycles. The van der Waals surface area contributed by atoms with Crippen LogP contribution in [0.3, 0.4) is 0 Å². The molecule has 3 N–H and O–H groups in total. The van der Waals surface area contributed by atoms with Crippen LogP contribution < -0.4 is 25.3 Å². The first-order chi connectivity index (χ1) is 11.6. The molecule has 0 heterocycles. The van der Waals surface area contributed by atoms with Crippen molar-refractivity contribution in [1.29, 1.82) is 0 Å². The standard InChI is InChI=1S/C18H28N2O4/c1-22-15-8-7-12(17(23-2)18(15)24-3)9-10-20-16(21)11-13-5-4-6-14(13)19/h7-8,13-14H,4-6,9-11,19H2,1-3H3,(H,20,21)/t13-,14+/m0/s1. The molecule has 1 fully saturated rings. The molecule has 0 bridgehead atoms. The van der Waals surface area contributed by atoms with E-state index < -0.39 is 0 Å². The predicted octanol–water partition coefficient (Wildman–Crippen LogP) is 1.89. The summed E-state index contributed by atoms with van der Waals surface area (Å²) >= 11 is 0. The molecule has 0 spiro atoms. The number of carbonyl (C=O) groups excluding carboxylic acids is 1. The molecule has 134 valence electrons. The first kappa shape index (κ1) is 18.4. The van der Waals surface area contributed by atoms with Crippen LogP contribution in [0.1, 0.15) is 31.2 Å². The summed E-state index contributed by atoms with van der Waals surface area (Å²) in [5, 5.41) is 2.97. The van der Waals surface area contributed by atoms with Crippen molar-refractivity contribution in [2.45, 2.75) is 38.1 Å². The molecule has 0 aromatic heterocycles. The molecule has 6 nitrogen and oxygen atoms in total. The van der Waals surface area contributed by atoms with Gasteiger partial charge in [-0.05, 0) is 31.2 Å². The summed E-state index contributed by atoms with van der Waals surface area (Å²) in [6, 6.07) is 3.94. The number of methoxy groups -OCH3 is 3. The number of hydrogen-bond acceptors (Lipinski definition) is 5. The van der Waals surface area contributed by atoms with E-state index in [2.05, 4.69) is 5.32 Å². The fourth-order valence-electron chi connectivity index (χ4n) is 3.33. The van der Waals surface area contributed by atoms with Crippen LogP contribution in [-0.2, 0) is 11.2 Å². The monoisotopic (exact) mass is 336 g/mol. The first-order valence-electron chi connectivity index (χ1n) is 8.40. The lowest BCUT2D eigenvalue weighted by Crippen LogP contribution is -2.32. The topological polar surface area (TPSA) is 82.8 Å². The summed E-state index contributed by atoms with van der Waals surface area (Å²) in [5.74, 6) is 2.22. The van der Waals surface area contributed by atoms with Gasteiger partial charge in [-0.25, -0.2) is 0 Å². The van der Waals surface area contributed by atoms with Crippen molar-refractivity contribution < 1.29 is 19.0 Å². The average molecular weight is 336 g/mol. The van der Waals surface area contributed by atoms with E-state index in [0.717, 1.165) is 24.8 Å². The number of rotatable bonds is 8. The molecule has 1 amide bonds. The lowest BCUT2D eigenvalue weighted by atomic mass is 10.00. The van der Waals surface area contributed by atoms with Crippen molar-refractivity contribution in [3.8, 4) is 17.2 Å². The Labute approximate surface area is 143 Å². The van der Waals surface area contributed by atoms with Crippen molar-refractivity contribution in [1.82, 2.24) is 5.32 Å². The zero-order valence-electron chi connectivity index (χ0n) is 14.8. The van der Waals surface area contributed by atoms with E-state index >= 15 is 0 Å². The Kier molecular flexibility index (Phi) is 6.73. The Morgan fingerprint density at radius 2 is 1.92 bits per heavy atom. The molecular weight excluding hydrogens is 308 g/mol. The first-order valence-corrected chi connectivity index (χ1v) is 8.40. The van der Waals surface area contributed by atoms with Crippen LogP contribution in [0.15, 0.2) is 12.1 Å². The van der Waals surface area contributed by atoms with E-state index in [9.17, 15) is 4.79 Å². The number of hydrogen-bond donors (Lipinski definition) is 2. The van der Waals surface area contributed by atoms with E-state index in [1.807, 2.05) is 12.1 Å². The average Bonchev–Trinajstić information content (AvgIpc) is 2.98.